The van der Waals surface area contributed by atoms with Crippen molar-refractivity contribution in [3.05, 3.63) is 59.4 Å². The van der Waals surface area contributed by atoms with Crippen LogP contribution in [-0.4, -0.2) is 22.0 Å². The number of primary amides is 1. The fraction of sp³-hybridized carbons (Fsp3) is 0.222. The Labute approximate surface area is 144 Å². The number of thiazole rings is 1. The van der Waals surface area contributed by atoms with Crippen LogP contribution >= 0.6 is 11.3 Å². The van der Waals surface area contributed by atoms with Gasteiger partial charge in [-0.2, -0.15) is 0 Å². The molecule has 4 rings (SSSR count). The van der Waals surface area contributed by atoms with Gasteiger partial charge in [-0.15, -0.1) is 11.3 Å². The molecule has 0 bridgehead atoms. The van der Waals surface area contributed by atoms with Crippen molar-refractivity contribution in [2.75, 3.05) is 6.54 Å². The average Bonchev–Trinajstić information content (AvgIpc) is 3.33. The monoisotopic (exact) mass is 338 g/mol. The molecule has 0 saturated carbocycles. The van der Waals surface area contributed by atoms with Gasteiger partial charge in [-0.3, -0.25) is 9.36 Å². The Morgan fingerprint density at radius 2 is 2.17 bits per heavy atom. The molecule has 1 unspecified atom stereocenters. The number of hydrogen-bond acceptors (Lipinski definition) is 4. The first kappa shape index (κ1) is 15.1. The minimum absolute atomic E-state index is 0.143. The predicted octanol–water partition coefficient (Wildman–Crippen LogP) is 3.12. The van der Waals surface area contributed by atoms with Crippen LogP contribution in [0.4, 0.5) is 0 Å². The van der Waals surface area contributed by atoms with Crippen molar-refractivity contribution < 1.29 is 4.79 Å². The Hall–Kier alpha value is -2.44. The molecule has 122 valence electrons. The van der Waals surface area contributed by atoms with E-state index in [1.807, 2.05) is 34.3 Å². The van der Waals surface area contributed by atoms with Gasteiger partial charge in [0, 0.05) is 34.9 Å². The van der Waals surface area contributed by atoms with E-state index in [0.29, 0.717) is 5.69 Å². The van der Waals surface area contributed by atoms with Crippen molar-refractivity contribution in [2.45, 2.75) is 18.9 Å². The lowest BCUT2D eigenvalue weighted by Gasteiger charge is -2.14. The zero-order valence-corrected chi connectivity index (χ0v) is 13.9. The summed E-state index contributed by atoms with van der Waals surface area (Å²) in [5.74, 6) is -0.420. The number of carbonyl (C=O) groups excluding carboxylic acids is 1. The Morgan fingerprint density at radius 1 is 1.33 bits per heavy atom. The molecular formula is C18H18N4OS. The van der Waals surface area contributed by atoms with Gasteiger partial charge in [0.2, 0.25) is 0 Å². The third kappa shape index (κ3) is 2.53. The molecule has 0 radical (unpaired) electrons. The van der Waals surface area contributed by atoms with E-state index in [9.17, 15) is 4.79 Å². The summed E-state index contributed by atoms with van der Waals surface area (Å²) >= 11 is 1.49. The van der Waals surface area contributed by atoms with Gasteiger partial charge >= 0.3 is 0 Å². The lowest BCUT2D eigenvalue weighted by molar-refractivity contribution is 0.0992. The number of aromatic nitrogens is 2. The number of carbonyl (C=O) groups is 1. The van der Waals surface area contributed by atoms with Crippen molar-refractivity contribution in [3.8, 4) is 16.3 Å². The quantitative estimate of drug-likeness (QED) is 0.767. The molecule has 3 N–H and O–H groups in total. The smallest absolute Gasteiger partial charge is 0.266 e. The van der Waals surface area contributed by atoms with Gasteiger partial charge in [0.1, 0.15) is 5.69 Å². The largest absolute Gasteiger partial charge is 0.364 e. The van der Waals surface area contributed by atoms with E-state index in [0.717, 1.165) is 41.2 Å². The van der Waals surface area contributed by atoms with Gasteiger partial charge in [-0.1, -0.05) is 30.3 Å². The van der Waals surface area contributed by atoms with E-state index in [1.165, 1.54) is 11.3 Å². The minimum Gasteiger partial charge on any atom is -0.364 e. The highest BCUT2D eigenvalue weighted by Crippen LogP contribution is 2.38. The number of nitrogens with one attached hydrogen (secondary N) is 1. The van der Waals surface area contributed by atoms with Crippen molar-refractivity contribution >= 4 is 17.2 Å². The van der Waals surface area contributed by atoms with Crippen LogP contribution < -0.4 is 11.1 Å². The average molecular weight is 338 g/mol. The SMILES string of the molecule is NC(=O)c1c(C2CCCN2)c(-c2ccccc2)cn1-c1nccs1. The summed E-state index contributed by atoms with van der Waals surface area (Å²) in [6.07, 6.45) is 5.82. The summed E-state index contributed by atoms with van der Waals surface area (Å²) in [5, 5.41) is 6.15. The number of benzene rings is 1. The number of amides is 1. The molecular weight excluding hydrogens is 320 g/mol. The van der Waals surface area contributed by atoms with Crippen molar-refractivity contribution in [1.29, 1.82) is 0 Å². The first-order valence-corrected chi connectivity index (χ1v) is 8.87. The fourth-order valence-corrected chi connectivity index (χ4v) is 4.01. The second-order valence-corrected chi connectivity index (χ2v) is 6.74. The molecule has 0 spiro atoms. The highest BCUT2D eigenvalue weighted by molar-refractivity contribution is 7.12. The van der Waals surface area contributed by atoms with Crippen molar-refractivity contribution in [1.82, 2.24) is 14.9 Å². The van der Waals surface area contributed by atoms with Gasteiger partial charge in [-0.25, -0.2) is 4.98 Å². The summed E-state index contributed by atoms with van der Waals surface area (Å²) in [4.78, 5) is 16.6. The summed E-state index contributed by atoms with van der Waals surface area (Å²) in [6.45, 7) is 0.958. The molecule has 24 heavy (non-hydrogen) atoms. The molecule has 6 heteroatoms. The van der Waals surface area contributed by atoms with E-state index in [-0.39, 0.29) is 6.04 Å². The molecule has 1 fully saturated rings. The molecule has 1 aliphatic heterocycles. The number of nitrogens with zero attached hydrogens (tertiary/aromatic N) is 2. The number of rotatable bonds is 4. The van der Waals surface area contributed by atoms with Crippen LogP contribution in [0.15, 0.2) is 48.1 Å². The molecule has 0 aliphatic carbocycles. The van der Waals surface area contributed by atoms with E-state index < -0.39 is 5.91 Å². The van der Waals surface area contributed by atoms with E-state index >= 15 is 0 Å². The molecule has 2 aromatic heterocycles. The standard InChI is InChI=1S/C18H18N4OS/c19-17(23)16-15(14-7-4-8-20-14)13(12-5-2-1-3-6-12)11-22(16)18-21-9-10-24-18/h1-3,5-6,9-11,14,20H,4,7-8H2,(H2,19,23). The van der Waals surface area contributed by atoms with Crippen LogP contribution in [0.25, 0.3) is 16.3 Å². The zero-order valence-electron chi connectivity index (χ0n) is 13.1. The number of nitrogens with two attached hydrogens (primary N) is 1. The van der Waals surface area contributed by atoms with Crippen LogP contribution in [0.5, 0.6) is 0 Å². The summed E-state index contributed by atoms with van der Waals surface area (Å²) in [5.41, 5.74) is 9.41. The van der Waals surface area contributed by atoms with Crippen LogP contribution in [0.3, 0.4) is 0 Å². The maximum atomic E-state index is 12.3. The molecule has 1 amide bonds. The Bertz CT molecular complexity index is 849. The molecule has 1 saturated heterocycles. The van der Waals surface area contributed by atoms with Gasteiger partial charge < -0.3 is 11.1 Å². The topological polar surface area (TPSA) is 72.9 Å². The van der Waals surface area contributed by atoms with Crippen LogP contribution in [0.1, 0.15) is 34.9 Å². The molecule has 3 heterocycles. The molecule has 5 nitrogen and oxygen atoms in total. The Kier molecular flexibility index (Phi) is 3.92. The van der Waals surface area contributed by atoms with Crippen LogP contribution in [0.2, 0.25) is 0 Å². The fourth-order valence-electron chi connectivity index (χ4n) is 3.39. The second kappa shape index (κ2) is 6.22. The van der Waals surface area contributed by atoms with Crippen molar-refractivity contribution in [3.63, 3.8) is 0 Å². The molecule has 1 aromatic carbocycles. The first-order valence-electron chi connectivity index (χ1n) is 7.99. The number of hydrogen-bond donors (Lipinski definition) is 2. The Balaban J connectivity index is 1.98. The summed E-state index contributed by atoms with van der Waals surface area (Å²) in [7, 11) is 0. The molecule has 1 atom stereocenters. The van der Waals surface area contributed by atoms with E-state index in [2.05, 4.69) is 22.4 Å². The maximum absolute atomic E-state index is 12.3. The van der Waals surface area contributed by atoms with Gasteiger partial charge in [0.25, 0.3) is 5.91 Å². The third-order valence-electron chi connectivity index (χ3n) is 4.40. The van der Waals surface area contributed by atoms with Crippen LogP contribution in [0, 0.1) is 0 Å². The predicted molar refractivity (Wildman–Crippen MR) is 95.4 cm³/mol. The highest BCUT2D eigenvalue weighted by atomic mass is 32.1. The van der Waals surface area contributed by atoms with E-state index in [1.54, 1.807) is 6.20 Å². The minimum atomic E-state index is -0.420. The van der Waals surface area contributed by atoms with Gasteiger partial charge in [0.15, 0.2) is 5.13 Å². The van der Waals surface area contributed by atoms with Gasteiger partial charge in [-0.05, 0) is 24.9 Å². The third-order valence-corrected chi connectivity index (χ3v) is 5.17. The van der Waals surface area contributed by atoms with Crippen molar-refractivity contribution in [2.24, 2.45) is 5.73 Å². The van der Waals surface area contributed by atoms with Gasteiger partial charge in [0.05, 0.1) is 0 Å². The highest BCUT2D eigenvalue weighted by Gasteiger charge is 2.29. The molecule has 1 aliphatic rings. The normalized spacial score (nSPS) is 17.2. The maximum Gasteiger partial charge on any atom is 0.266 e. The Morgan fingerprint density at radius 3 is 2.79 bits per heavy atom. The first-order chi connectivity index (χ1) is 11.8. The van der Waals surface area contributed by atoms with Crippen LogP contribution in [-0.2, 0) is 0 Å². The lowest BCUT2D eigenvalue weighted by Crippen LogP contribution is -2.22. The summed E-state index contributed by atoms with van der Waals surface area (Å²) in [6, 6.07) is 10.3. The lowest BCUT2D eigenvalue weighted by atomic mass is 9.96. The second-order valence-electron chi connectivity index (χ2n) is 5.87. The molecule has 3 aromatic rings. The summed E-state index contributed by atoms with van der Waals surface area (Å²) < 4.78 is 1.84. The van der Waals surface area contributed by atoms with E-state index in [4.69, 9.17) is 5.73 Å². The zero-order chi connectivity index (χ0) is 16.5.